The molecule has 1 aliphatic rings. The zero-order chi connectivity index (χ0) is 11.5. The first-order chi connectivity index (χ1) is 7.49. The molecule has 5 heteroatoms. The third-order valence-electron chi connectivity index (χ3n) is 2.55. The number of hydrogen-bond acceptors (Lipinski definition) is 3. The van der Waals surface area contributed by atoms with Gasteiger partial charge in [0.2, 0.25) is 0 Å². The van der Waals surface area contributed by atoms with Crippen LogP contribution in [0.4, 0.5) is 0 Å². The lowest BCUT2D eigenvalue weighted by atomic mass is 10.1. The first-order valence-electron chi connectivity index (χ1n) is 4.76. The van der Waals surface area contributed by atoms with E-state index in [9.17, 15) is 0 Å². The molecular weight excluding hydrogens is 450 g/mol. The van der Waals surface area contributed by atoms with Crippen molar-refractivity contribution >= 4 is 66.6 Å². The second-order valence-corrected chi connectivity index (χ2v) is 7.75. The number of rotatable bonds is 0. The van der Waals surface area contributed by atoms with Crippen LogP contribution < -0.4 is 9.47 Å². The van der Waals surface area contributed by atoms with E-state index in [0.29, 0.717) is 0 Å². The van der Waals surface area contributed by atoms with Gasteiger partial charge < -0.3 is 9.47 Å². The van der Waals surface area contributed by atoms with Crippen LogP contribution in [0, 0.1) is 10.5 Å². The first kappa shape index (κ1) is 11.3. The Kier molecular flexibility index (Phi) is 2.56. The molecule has 0 saturated heterocycles. The van der Waals surface area contributed by atoms with Gasteiger partial charge in [-0.3, -0.25) is 0 Å². The zero-order valence-electron chi connectivity index (χ0n) is 8.64. The summed E-state index contributed by atoms with van der Waals surface area (Å²) in [4.78, 5) is 0. The molecule has 0 aliphatic carbocycles. The summed E-state index contributed by atoms with van der Waals surface area (Å²) in [6.45, 7) is 4.01. The van der Waals surface area contributed by atoms with Crippen molar-refractivity contribution in [2.45, 2.75) is 17.6 Å². The first-order valence-corrected chi connectivity index (χ1v) is 7.79. The van der Waals surface area contributed by atoms with Gasteiger partial charge in [-0.1, -0.05) is 0 Å². The van der Waals surface area contributed by atoms with Crippen molar-refractivity contribution in [3.63, 3.8) is 0 Å². The lowest BCUT2D eigenvalue weighted by Gasteiger charge is -2.14. The molecule has 84 valence electrons. The molecule has 1 aromatic heterocycles. The highest BCUT2D eigenvalue weighted by Gasteiger charge is 2.37. The van der Waals surface area contributed by atoms with E-state index < -0.39 is 3.79 Å². The minimum atomic E-state index is -0.579. The van der Waals surface area contributed by atoms with Crippen LogP contribution in [0.25, 0.3) is 10.1 Å². The van der Waals surface area contributed by atoms with Gasteiger partial charge in [-0.05, 0) is 41.0 Å². The van der Waals surface area contributed by atoms with Gasteiger partial charge in [-0.2, -0.15) is 0 Å². The van der Waals surface area contributed by atoms with E-state index in [0.717, 1.165) is 16.9 Å². The van der Waals surface area contributed by atoms with Gasteiger partial charge in [0.15, 0.2) is 11.5 Å². The third kappa shape index (κ3) is 1.54. The lowest BCUT2D eigenvalue weighted by Crippen LogP contribution is -2.25. The summed E-state index contributed by atoms with van der Waals surface area (Å²) in [5.41, 5.74) is 1.17. The van der Waals surface area contributed by atoms with Crippen LogP contribution in [-0.4, -0.2) is 3.79 Å². The summed E-state index contributed by atoms with van der Waals surface area (Å²) < 4.78 is 13.7. The van der Waals surface area contributed by atoms with Crippen molar-refractivity contribution < 1.29 is 9.47 Å². The molecule has 0 saturated carbocycles. The van der Waals surface area contributed by atoms with Crippen LogP contribution in [0.15, 0.2) is 11.4 Å². The largest absolute Gasteiger partial charge is 0.440 e. The zero-order valence-corrected chi connectivity index (χ0v) is 13.8. The molecule has 0 N–H and O–H groups in total. The molecule has 0 bridgehead atoms. The topological polar surface area (TPSA) is 18.5 Å². The van der Waals surface area contributed by atoms with Crippen LogP contribution in [0.3, 0.4) is 0 Å². The summed E-state index contributed by atoms with van der Waals surface area (Å²) in [5.74, 6) is 1.79. The fourth-order valence-corrected chi connectivity index (χ4v) is 4.07. The molecule has 0 spiro atoms. The smallest absolute Gasteiger partial charge is 0.300 e. The highest BCUT2D eigenvalue weighted by molar-refractivity contribution is 14.1. The summed E-state index contributed by atoms with van der Waals surface area (Å²) in [7, 11) is 0. The van der Waals surface area contributed by atoms with Crippen LogP contribution in [-0.2, 0) is 0 Å². The predicted molar refractivity (Wildman–Crippen MR) is 83.0 cm³/mol. The summed E-state index contributed by atoms with van der Waals surface area (Å²) >= 11 is 6.30. The molecule has 1 aliphatic heterocycles. The molecule has 3 rings (SSSR count). The Balaban J connectivity index is 2.40. The molecule has 0 fully saturated rings. The maximum atomic E-state index is 5.87. The van der Waals surface area contributed by atoms with Gasteiger partial charge in [0.1, 0.15) is 0 Å². The standard InChI is InChI=1S/C11H8I2O2S/c1-5-7(12)10-6(3-4-16-10)9-8(5)14-11(2,13)15-9/h3-4H,1-2H3. The molecule has 2 heterocycles. The van der Waals surface area contributed by atoms with Crippen LogP contribution in [0.1, 0.15) is 12.5 Å². The van der Waals surface area contributed by atoms with Gasteiger partial charge in [0, 0.05) is 44.0 Å². The molecular formula is C11H8I2O2S. The van der Waals surface area contributed by atoms with Gasteiger partial charge in [0.25, 0.3) is 3.79 Å². The van der Waals surface area contributed by atoms with E-state index >= 15 is 0 Å². The quantitative estimate of drug-likeness (QED) is 0.422. The van der Waals surface area contributed by atoms with Gasteiger partial charge in [0.05, 0.1) is 4.70 Å². The van der Waals surface area contributed by atoms with E-state index in [1.165, 1.54) is 13.8 Å². The van der Waals surface area contributed by atoms with E-state index in [1.54, 1.807) is 11.3 Å². The van der Waals surface area contributed by atoms with E-state index in [4.69, 9.17) is 9.47 Å². The summed E-state index contributed by atoms with van der Waals surface area (Å²) in [6, 6.07) is 2.10. The van der Waals surface area contributed by atoms with Gasteiger partial charge in [-0.15, -0.1) is 11.3 Å². The number of hydrogen-bond donors (Lipinski definition) is 0. The average molecular weight is 458 g/mol. The van der Waals surface area contributed by atoms with Gasteiger partial charge >= 0.3 is 0 Å². The molecule has 1 aromatic carbocycles. The fourth-order valence-electron chi connectivity index (χ4n) is 1.83. The number of thiophene rings is 1. The Bertz CT molecular complexity index is 589. The van der Waals surface area contributed by atoms with E-state index in [1.807, 2.05) is 6.92 Å². The number of benzene rings is 1. The molecule has 0 radical (unpaired) electrons. The van der Waals surface area contributed by atoms with Crippen molar-refractivity contribution in [3.8, 4) is 11.5 Å². The average Bonchev–Trinajstić information content (AvgIpc) is 2.77. The molecule has 2 aromatic rings. The highest BCUT2D eigenvalue weighted by atomic mass is 127. The maximum Gasteiger partial charge on any atom is 0.300 e. The van der Waals surface area contributed by atoms with Crippen molar-refractivity contribution in [3.05, 3.63) is 20.6 Å². The molecule has 2 nitrogen and oxygen atoms in total. The summed E-state index contributed by atoms with van der Waals surface area (Å²) in [6.07, 6.45) is 0. The Labute approximate surface area is 125 Å². The minimum absolute atomic E-state index is 0.579. The van der Waals surface area contributed by atoms with Crippen LogP contribution in [0.5, 0.6) is 11.5 Å². The normalized spacial score (nSPS) is 23.0. The molecule has 0 amide bonds. The van der Waals surface area contributed by atoms with E-state index in [-0.39, 0.29) is 0 Å². The van der Waals surface area contributed by atoms with Crippen molar-refractivity contribution in [2.75, 3.05) is 0 Å². The Morgan fingerprint density at radius 3 is 2.75 bits per heavy atom. The minimum Gasteiger partial charge on any atom is -0.440 e. The second kappa shape index (κ2) is 3.61. The Morgan fingerprint density at radius 2 is 2.00 bits per heavy atom. The monoisotopic (exact) mass is 458 g/mol. The molecule has 1 unspecified atom stereocenters. The van der Waals surface area contributed by atoms with Crippen molar-refractivity contribution in [1.82, 2.24) is 0 Å². The predicted octanol–water partition coefficient (Wildman–Crippen LogP) is 4.69. The number of fused-ring (bicyclic) bond motifs is 3. The number of halogens is 2. The Hall–Kier alpha value is 0.240. The number of ether oxygens (including phenoxy) is 2. The Morgan fingerprint density at radius 1 is 1.31 bits per heavy atom. The highest BCUT2D eigenvalue weighted by Crippen LogP contribution is 2.51. The molecule has 16 heavy (non-hydrogen) atoms. The molecule has 1 atom stereocenters. The van der Waals surface area contributed by atoms with Crippen LogP contribution >= 0.6 is 56.5 Å². The SMILES string of the molecule is Cc1c2c(c3ccsc3c1I)OC(C)(I)O2. The van der Waals surface area contributed by atoms with Gasteiger partial charge in [-0.25, -0.2) is 0 Å². The van der Waals surface area contributed by atoms with Crippen LogP contribution in [0.2, 0.25) is 0 Å². The third-order valence-corrected chi connectivity index (χ3v) is 5.64. The maximum absolute atomic E-state index is 5.87. The summed E-state index contributed by atoms with van der Waals surface area (Å²) in [5, 5.41) is 3.26. The van der Waals surface area contributed by atoms with E-state index in [2.05, 4.69) is 63.6 Å². The second-order valence-electron chi connectivity index (χ2n) is 3.80. The lowest BCUT2D eigenvalue weighted by molar-refractivity contribution is 0.0494. The fraction of sp³-hybridized carbons (Fsp3) is 0.273. The number of alkyl halides is 1. The van der Waals surface area contributed by atoms with Crippen molar-refractivity contribution in [1.29, 1.82) is 0 Å². The van der Waals surface area contributed by atoms with Crippen molar-refractivity contribution in [2.24, 2.45) is 0 Å².